The van der Waals surface area contributed by atoms with Gasteiger partial charge in [-0.3, -0.25) is 5.01 Å². The molecule has 0 saturated carbocycles. The normalized spacial score (nSPS) is 13.5. The van der Waals surface area contributed by atoms with Crippen molar-refractivity contribution in [2.75, 3.05) is 17.5 Å². The fourth-order valence-corrected chi connectivity index (χ4v) is 2.78. The Morgan fingerprint density at radius 3 is 2.87 bits per heavy atom. The largest absolute Gasteiger partial charge is 0.494 e. The van der Waals surface area contributed by atoms with Crippen LogP contribution in [0.15, 0.2) is 40.8 Å². The summed E-state index contributed by atoms with van der Waals surface area (Å²) in [5.74, 6) is 1.29. The highest BCUT2D eigenvalue weighted by Crippen LogP contribution is 2.36. The van der Waals surface area contributed by atoms with Crippen LogP contribution in [0, 0.1) is 0 Å². The lowest BCUT2D eigenvalue weighted by Crippen LogP contribution is -2.41. The summed E-state index contributed by atoms with van der Waals surface area (Å²) in [7, 11) is 1.63. The van der Waals surface area contributed by atoms with Crippen molar-refractivity contribution in [1.29, 1.82) is 0 Å². The van der Waals surface area contributed by atoms with Gasteiger partial charge in [0.1, 0.15) is 5.75 Å². The van der Waals surface area contributed by atoms with Crippen molar-refractivity contribution in [1.82, 2.24) is 10.5 Å². The Hall–Kier alpha value is -2.73. The van der Waals surface area contributed by atoms with Crippen LogP contribution < -0.4 is 20.7 Å². The Morgan fingerprint density at radius 2 is 2.09 bits per heavy atom. The van der Waals surface area contributed by atoms with Gasteiger partial charge in [0.2, 0.25) is 5.89 Å². The first kappa shape index (κ1) is 13.9. The van der Waals surface area contributed by atoms with Gasteiger partial charge in [0, 0.05) is 11.6 Å². The minimum absolute atomic E-state index is 0.350. The van der Waals surface area contributed by atoms with E-state index in [1.807, 2.05) is 30.3 Å². The van der Waals surface area contributed by atoms with Crippen LogP contribution in [0.3, 0.4) is 0 Å². The van der Waals surface area contributed by atoms with Gasteiger partial charge in [-0.05, 0) is 44.2 Å². The SMILES string of the molecule is COc1cccc2oc(-c3ccc4c(c3)NNN4C(C)C)nc12. The van der Waals surface area contributed by atoms with Gasteiger partial charge in [-0.1, -0.05) is 6.07 Å². The topological polar surface area (TPSA) is 62.6 Å². The molecule has 3 aromatic rings. The monoisotopic (exact) mass is 310 g/mol. The van der Waals surface area contributed by atoms with Gasteiger partial charge in [-0.2, -0.15) is 0 Å². The standard InChI is InChI=1S/C17H18N4O2/c1-10(2)21-13-8-7-11(9-12(13)19-20-21)17-18-16-14(22-3)5-4-6-15(16)23-17/h4-10,19-20H,1-3H3. The zero-order valence-corrected chi connectivity index (χ0v) is 13.3. The molecule has 1 aromatic heterocycles. The molecule has 0 spiro atoms. The van der Waals surface area contributed by atoms with Crippen LogP contribution in [0.25, 0.3) is 22.6 Å². The Bertz CT molecular complexity index is 872. The smallest absolute Gasteiger partial charge is 0.227 e. The lowest BCUT2D eigenvalue weighted by atomic mass is 10.1. The molecule has 0 saturated heterocycles. The number of benzene rings is 2. The first-order chi connectivity index (χ1) is 11.2. The average Bonchev–Trinajstić information content (AvgIpc) is 3.17. The highest BCUT2D eigenvalue weighted by molar-refractivity contribution is 5.84. The fraction of sp³-hybridized carbons (Fsp3) is 0.235. The molecule has 118 valence electrons. The second-order valence-electron chi connectivity index (χ2n) is 5.76. The fourth-order valence-electron chi connectivity index (χ4n) is 2.78. The zero-order valence-electron chi connectivity index (χ0n) is 13.3. The van der Waals surface area contributed by atoms with E-state index in [9.17, 15) is 0 Å². The van der Waals surface area contributed by atoms with Crippen molar-refractivity contribution in [3.8, 4) is 17.2 Å². The molecule has 23 heavy (non-hydrogen) atoms. The van der Waals surface area contributed by atoms with E-state index in [0.717, 1.165) is 28.0 Å². The van der Waals surface area contributed by atoms with Gasteiger partial charge < -0.3 is 14.6 Å². The van der Waals surface area contributed by atoms with E-state index in [2.05, 4.69) is 40.9 Å². The maximum Gasteiger partial charge on any atom is 0.227 e. The maximum atomic E-state index is 5.88. The van der Waals surface area contributed by atoms with Crippen molar-refractivity contribution in [3.05, 3.63) is 36.4 Å². The minimum Gasteiger partial charge on any atom is -0.494 e. The molecule has 6 heteroatoms. The second-order valence-corrected chi connectivity index (χ2v) is 5.76. The number of hydrogen-bond acceptors (Lipinski definition) is 6. The first-order valence-electron chi connectivity index (χ1n) is 7.56. The summed E-state index contributed by atoms with van der Waals surface area (Å²) in [4.78, 5) is 4.58. The van der Waals surface area contributed by atoms with Crippen molar-refractivity contribution in [2.24, 2.45) is 0 Å². The summed E-state index contributed by atoms with van der Waals surface area (Å²) >= 11 is 0. The molecule has 0 aliphatic carbocycles. The van der Waals surface area contributed by atoms with Crippen molar-refractivity contribution in [3.63, 3.8) is 0 Å². The van der Waals surface area contributed by atoms with Crippen LogP contribution in [-0.4, -0.2) is 18.1 Å². The minimum atomic E-state index is 0.350. The molecule has 0 atom stereocenters. The molecule has 0 unspecified atom stereocenters. The zero-order chi connectivity index (χ0) is 16.0. The highest BCUT2D eigenvalue weighted by atomic mass is 16.5. The number of ether oxygens (including phenoxy) is 1. The number of nitrogens with zero attached hydrogens (tertiary/aromatic N) is 2. The molecule has 6 nitrogen and oxygen atoms in total. The summed E-state index contributed by atoms with van der Waals surface area (Å²) in [6.45, 7) is 4.26. The number of hydrazine groups is 2. The van der Waals surface area contributed by atoms with E-state index in [-0.39, 0.29) is 0 Å². The second kappa shape index (κ2) is 5.17. The van der Waals surface area contributed by atoms with Crippen LogP contribution in [0.5, 0.6) is 5.75 Å². The Labute approximate surface area is 134 Å². The predicted octanol–water partition coefficient (Wildman–Crippen LogP) is 3.56. The molecular weight excluding hydrogens is 292 g/mol. The summed E-state index contributed by atoms with van der Waals surface area (Å²) in [5, 5.41) is 2.08. The highest BCUT2D eigenvalue weighted by Gasteiger charge is 2.22. The third-order valence-electron chi connectivity index (χ3n) is 3.93. The molecule has 2 heterocycles. The number of methoxy groups -OCH3 is 1. The molecule has 0 radical (unpaired) electrons. The quantitative estimate of drug-likeness (QED) is 0.771. The van der Waals surface area contributed by atoms with Crippen LogP contribution in [-0.2, 0) is 0 Å². The maximum absolute atomic E-state index is 5.88. The molecular formula is C17H18N4O2. The molecule has 2 aromatic carbocycles. The summed E-state index contributed by atoms with van der Waals surface area (Å²) in [6, 6.07) is 12.1. The van der Waals surface area contributed by atoms with Gasteiger partial charge in [0.05, 0.1) is 18.5 Å². The van der Waals surface area contributed by atoms with Gasteiger partial charge in [-0.25, -0.2) is 4.98 Å². The van der Waals surface area contributed by atoms with E-state index < -0.39 is 0 Å². The number of fused-ring (bicyclic) bond motifs is 2. The summed E-state index contributed by atoms with van der Waals surface area (Å²) in [5.41, 5.74) is 10.8. The van der Waals surface area contributed by atoms with Crippen LogP contribution in [0.4, 0.5) is 11.4 Å². The summed E-state index contributed by atoms with van der Waals surface area (Å²) < 4.78 is 11.2. The lowest BCUT2D eigenvalue weighted by molar-refractivity contribution is 0.419. The summed E-state index contributed by atoms with van der Waals surface area (Å²) in [6.07, 6.45) is 0. The van der Waals surface area contributed by atoms with E-state index in [1.165, 1.54) is 0 Å². The number of hydrogen-bond donors (Lipinski definition) is 2. The molecule has 2 N–H and O–H groups in total. The third kappa shape index (κ3) is 2.19. The molecule has 1 aliphatic heterocycles. The number of oxazole rings is 1. The van der Waals surface area contributed by atoms with Crippen LogP contribution in [0.1, 0.15) is 13.8 Å². The Kier molecular flexibility index (Phi) is 3.12. The molecule has 0 fully saturated rings. The molecule has 1 aliphatic rings. The predicted molar refractivity (Wildman–Crippen MR) is 90.4 cm³/mol. The van der Waals surface area contributed by atoms with Crippen LogP contribution in [0.2, 0.25) is 0 Å². The molecule has 0 amide bonds. The average molecular weight is 310 g/mol. The van der Waals surface area contributed by atoms with Crippen molar-refractivity contribution < 1.29 is 9.15 Å². The van der Waals surface area contributed by atoms with E-state index >= 15 is 0 Å². The molecule has 0 bridgehead atoms. The van der Waals surface area contributed by atoms with Gasteiger partial charge in [-0.15, -0.1) is 5.53 Å². The number of aromatic nitrogens is 1. The van der Waals surface area contributed by atoms with Crippen molar-refractivity contribution >= 4 is 22.5 Å². The third-order valence-corrected chi connectivity index (χ3v) is 3.93. The van der Waals surface area contributed by atoms with E-state index in [1.54, 1.807) is 7.11 Å². The number of para-hydroxylation sites is 1. The number of nitrogens with one attached hydrogen (secondary N) is 2. The van der Waals surface area contributed by atoms with Gasteiger partial charge in [0.25, 0.3) is 0 Å². The first-order valence-corrected chi connectivity index (χ1v) is 7.56. The Balaban J connectivity index is 1.77. The lowest BCUT2D eigenvalue weighted by Gasteiger charge is -2.21. The van der Waals surface area contributed by atoms with Crippen molar-refractivity contribution in [2.45, 2.75) is 19.9 Å². The van der Waals surface area contributed by atoms with Gasteiger partial charge in [0.15, 0.2) is 11.1 Å². The molecule has 4 rings (SSSR count). The number of rotatable bonds is 3. The number of anilines is 2. The van der Waals surface area contributed by atoms with E-state index in [4.69, 9.17) is 9.15 Å². The van der Waals surface area contributed by atoms with Crippen LogP contribution >= 0.6 is 0 Å². The Morgan fingerprint density at radius 1 is 1.22 bits per heavy atom. The van der Waals surface area contributed by atoms with E-state index in [0.29, 0.717) is 17.7 Å². The van der Waals surface area contributed by atoms with Gasteiger partial charge >= 0.3 is 0 Å².